The van der Waals surface area contributed by atoms with Crippen LogP contribution in [-0.2, 0) is 0 Å². The van der Waals surface area contributed by atoms with Crippen LogP contribution >= 0.6 is 0 Å². The monoisotopic (exact) mass is 337 g/mol. The van der Waals surface area contributed by atoms with Crippen molar-refractivity contribution >= 4 is 10.8 Å². The average Bonchev–Trinajstić information content (AvgIpc) is 2.59. The van der Waals surface area contributed by atoms with E-state index in [0.29, 0.717) is 0 Å². The lowest BCUT2D eigenvalue weighted by molar-refractivity contribution is 1.32. The first-order valence-corrected chi connectivity index (χ1v) is 9.06. The molecule has 0 aliphatic carbocycles. The van der Waals surface area contributed by atoms with Crippen molar-refractivity contribution in [3.8, 4) is 22.4 Å². The largest absolute Gasteiger partial charge is 0.256 e. The average molecular weight is 337 g/mol. The van der Waals surface area contributed by atoms with Crippen LogP contribution in [0, 0.1) is 27.7 Å². The van der Waals surface area contributed by atoms with Crippen LogP contribution in [0.3, 0.4) is 0 Å². The molecule has 0 saturated carbocycles. The lowest BCUT2D eigenvalue weighted by atomic mass is 9.95. The second-order valence-electron chi connectivity index (χ2n) is 7.35. The van der Waals surface area contributed by atoms with Crippen molar-refractivity contribution in [2.75, 3.05) is 0 Å². The van der Waals surface area contributed by atoms with Crippen molar-refractivity contribution in [1.82, 2.24) is 4.98 Å². The molecule has 0 atom stereocenters. The molecule has 1 heteroatoms. The summed E-state index contributed by atoms with van der Waals surface area (Å²) in [6, 6.07) is 22.1. The summed E-state index contributed by atoms with van der Waals surface area (Å²) < 4.78 is 0. The second kappa shape index (κ2) is 6.42. The Kier molecular flexibility index (Phi) is 4.08. The topological polar surface area (TPSA) is 12.9 Å². The Bertz CT molecular complexity index is 1080. The number of aromatic nitrogens is 1. The molecule has 1 aromatic heterocycles. The lowest BCUT2D eigenvalue weighted by Gasteiger charge is -2.11. The number of rotatable bonds is 2. The van der Waals surface area contributed by atoms with E-state index in [4.69, 9.17) is 4.98 Å². The van der Waals surface area contributed by atoms with Gasteiger partial charge in [0, 0.05) is 17.1 Å². The maximum Gasteiger partial charge on any atom is 0.0708 e. The van der Waals surface area contributed by atoms with E-state index in [2.05, 4.69) is 88.4 Å². The fourth-order valence-corrected chi connectivity index (χ4v) is 3.83. The van der Waals surface area contributed by atoms with E-state index in [1.807, 2.05) is 6.20 Å². The first-order valence-electron chi connectivity index (χ1n) is 9.06. The Morgan fingerprint density at radius 3 is 1.81 bits per heavy atom. The van der Waals surface area contributed by atoms with Gasteiger partial charge in [0.05, 0.1) is 5.69 Å². The van der Waals surface area contributed by atoms with E-state index in [9.17, 15) is 0 Å². The van der Waals surface area contributed by atoms with E-state index in [0.717, 1.165) is 5.69 Å². The summed E-state index contributed by atoms with van der Waals surface area (Å²) in [6.45, 7) is 8.59. The molecule has 0 fully saturated rings. The quantitative estimate of drug-likeness (QED) is 0.392. The molecule has 0 spiro atoms. The van der Waals surface area contributed by atoms with Crippen LogP contribution in [0.15, 0.2) is 66.9 Å². The molecule has 0 bridgehead atoms. The molecule has 26 heavy (non-hydrogen) atoms. The van der Waals surface area contributed by atoms with Crippen LogP contribution in [0.25, 0.3) is 33.2 Å². The zero-order valence-corrected chi connectivity index (χ0v) is 15.8. The molecule has 0 saturated heterocycles. The van der Waals surface area contributed by atoms with E-state index in [-0.39, 0.29) is 0 Å². The summed E-state index contributed by atoms with van der Waals surface area (Å²) in [5, 5.41) is 2.43. The van der Waals surface area contributed by atoms with Crippen LogP contribution in [0.1, 0.15) is 22.3 Å². The van der Waals surface area contributed by atoms with Crippen molar-refractivity contribution in [3.63, 3.8) is 0 Å². The molecule has 0 unspecified atom stereocenters. The smallest absolute Gasteiger partial charge is 0.0708 e. The predicted molar refractivity (Wildman–Crippen MR) is 112 cm³/mol. The maximum absolute atomic E-state index is 4.73. The van der Waals surface area contributed by atoms with Gasteiger partial charge < -0.3 is 0 Å². The minimum Gasteiger partial charge on any atom is -0.256 e. The third-order valence-corrected chi connectivity index (χ3v) is 4.81. The van der Waals surface area contributed by atoms with Gasteiger partial charge in [-0.25, -0.2) is 0 Å². The highest BCUT2D eigenvalue weighted by molar-refractivity contribution is 5.98. The molecular weight excluding hydrogens is 314 g/mol. The Balaban J connectivity index is 1.95. The molecule has 4 aromatic rings. The van der Waals surface area contributed by atoms with E-state index in [1.54, 1.807) is 0 Å². The molecule has 3 aromatic carbocycles. The molecule has 0 N–H and O–H groups in total. The van der Waals surface area contributed by atoms with Crippen molar-refractivity contribution < 1.29 is 0 Å². The predicted octanol–water partition coefficient (Wildman–Crippen LogP) is 6.80. The van der Waals surface area contributed by atoms with Crippen molar-refractivity contribution in [2.24, 2.45) is 0 Å². The summed E-state index contributed by atoms with van der Waals surface area (Å²) in [5.41, 5.74) is 9.86. The summed E-state index contributed by atoms with van der Waals surface area (Å²) in [6.07, 6.45) is 1.99. The number of pyridine rings is 1. The number of nitrogens with zero attached hydrogens (tertiary/aromatic N) is 1. The number of benzene rings is 3. The first kappa shape index (κ1) is 16.5. The lowest BCUT2D eigenvalue weighted by Crippen LogP contribution is -1.89. The Morgan fingerprint density at radius 1 is 0.615 bits per heavy atom. The minimum atomic E-state index is 1.03. The fraction of sp³-hybridized carbons (Fsp3) is 0.160. The first-order chi connectivity index (χ1) is 12.5. The summed E-state index contributed by atoms with van der Waals surface area (Å²) in [5.74, 6) is 0. The highest BCUT2D eigenvalue weighted by Crippen LogP contribution is 2.32. The fourth-order valence-electron chi connectivity index (χ4n) is 3.83. The third kappa shape index (κ3) is 3.13. The van der Waals surface area contributed by atoms with Crippen LogP contribution in [0.4, 0.5) is 0 Å². The maximum atomic E-state index is 4.73. The Hall–Kier alpha value is -2.93. The highest BCUT2D eigenvalue weighted by Gasteiger charge is 2.08. The van der Waals surface area contributed by atoms with Crippen molar-refractivity contribution in [2.45, 2.75) is 27.7 Å². The zero-order valence-electron chi connectivity index (χ0n) is 15.8. The van der Waals surface area contributed by atoms with Gasteiger partial charge in [-0.3, -0.25) is 4.98 Å². The molecular formula is C25H23N. The highest BCUT2D eigenvalue weighted by atomic mass is 14.7. The van der Waals surface area contributed by atoms with Gasteiger partial charge in [-0.2, -0.15) is 0 Å². The molecule has 0 amide bonds. The summed E-state index contributed by atoms with van der Waals surface area (Å²) in [4.78, 5) is 4.73. The van der Waals surface area contributed by atoms with Gasteiger partial charge in [-0.15, -0.1) is 0 Å². The van der Waals surface area contributed by atoms with Crippen molar-refractivity contribution in [1.29, 1.82) is 0 Å². The zero-order chi connectivity index (χ0) is 18.3. The molecule has 1 nitrogen and oxygen atoms in total. The van der Waals surface area contributed by atoms with E-state index >= 15 is 0 Å². The van der Waals surface area contributed by atoms with E-state index < -0.39 is 0 Å². The van der Waals surface area contributed by atoms with E-state index in [1.165, 1.54) is 49.7 Å². The molecule has 128 valence electrons. The second-order valence-corrected chi connectivity index (χ2v) is 7.35. The van der Waals surface area contributed by atoms with Crippen molar-refractivity contribution in [3.05, 3.63) is 89.1 Å². The van der Waals surface area contributed by atoms with Crippen LogP contribution in [0.2, 0.25) is 0 Å². The van der Waals surface area contributed by atoms with Gasteiger partial charge in [0.15, 0.2) is 0 Å². The van der Waals surface area contributed by atoms with Gasteiger partial charge in [-0.05, 0) is 62.4 Å². The van der Waals surface area contributed by atoms with Crippen LogP contribution < -0.4 is 0 Å². The third-order valence-electron chi connectivity index (χ3n) is 4.81. The SMILES string of the molecule is Cc1cc(C)cc(-c2cc3c(-c4cc(C)cc(C)c4)cccc3cn2)c1. The Morgan fingerprint density at radius 2 is 1.19 bits per heavy atom. The summed E-state index contributed by atoms with van der Waals surface area (Å²) in [7, 11) is 0. The Labute approximate surface area is 155 Å². The molecule has 0 aliphatic heterocycles. The van der Waals surface area contributed by atoms with Crippen LogP contribution in [0.5, 0.6) is 0 Å². The number of hydrogen-bond acceptors (Lipinski definition) is 1. The van der Waals surface area contributed by atoms with Gasteiger partial charge in [0.1, 0.15) is 0 Å². The molecule has 4 rings (SSSR count). The van der Waals surface area contributed by atoms with Gasteiger partial charge in [0.2, 0.25) is 0 Å². The number of hydrogen-bond donors (Lipinski definition) is 0. The standard InChI is InChI=1S/C25H23N/c1-16-8-17(2)11-21(10-16)23-7-5-6-20-15-26-25(14-24(20)23)22-12-18(3)9-19(4)13-22/h5-15H,1-4H3. The minimum absolute atomic E-state index is 1.03. The normalized spacial score (nSPS) is 11.1. The van der Waals surface area contributed by atoms with Crippen LogP contribution in [-0.4, -0.2) is 4.98 Å². The van der Waals surface area contributed by atoms with Gasteiger partial charge in [-0.1, -0.05) is 64.7 Å². The molecule has 0 radical (unpaired) electrons. The number of fused-ring (bicyclic) bond motifs is 1. The summed E-state index contributed by atoms with van der Waals surface area (Å²) >= 11 is 0. The molecule has 1 heterocycles. The van der Waals surface area contributed by atoms with Gasteiger partial charge >= 0.3 is 0 Å². The number of aryl methyl sites for hydroxylation is 4. The molecule has 0 aliphatic rings. The van der Waals surface area contributed by atoms with Gasteiger partial charge in [0.25, 0.3) is 0 Å².